The standard InChI is InChI=1S/C17H26FNO/c1-12(20)16-14(18)6-5-7-15(16)19-10-8-13(9-11-19)17(2,3)4/h5-7,12-13,20H,8-11H2,1-4H3/t12-/m0/s1. The van der Waals surface area contributed by atoms with Crippen LogP contribution in [-0.4, -0.2) is 18.2 Å². The minimum absolute atomic E-state index is 0.310. The van der Waals surface area contributed by atoms with E-state index in [1.165, 1.54) is 6.07 Å². The Balaban J connectivity index is 2.17. The van der Waals surface area contributed by atoms with E-state index in [0.29, 0.717) is 16.9 Å². The van der Waals surface area contributed by atoms with Crippen LogP contribution in [0.15, 0.2) is 18.2 Å². The maximum Gasteiger partial charge on any atom is 0.131 e. The van der Waals surface area contributed by atoms with E-state index in [4.69, 9.17) is 0 Å². The molecule has 0 radical (unpaired) electrons. The third kappa shape index (κ3) is 3.14. The fourth-order valence-corrected chi connectivity index (χ4v) is 3.20. The summed E-state index contributed by atoms with van der Waals surface area (Å²) in [6.45, 7) is 10.4. The van der Waals surface area contributed by atoms with E-state index in [9.17, 15) is 9.50 Å². The average molecular weight is 279 g/mol. The van der Waals surface area contributed by atoms with E-state index < -0.39 is 6.10 Å². The van der Waals surface area contributed by atoms with Gasteiger partial charge in [0, 0.05) is 24.3 Å². The van der Waals surface area contributed by atoms with Gasteiger partial charge in [-0.25, -0.2) is 4.39 Å². The quantitative estimate of drug-likeness (QED) is 0.879. The topological polar surface area (TPSA) is 23.5 Å². The van der Waals surface area contributed by atoms with Crippen molar-refractivity contribution < 1.29 is 9.50 Å². The summed E-state index contributed by atoms with van der Waals surface area (Å²) in [6, 6.07) is 5.07. The van der Waals surface area contributed by atoms with Crippen molar-refractivity contribution in [2.24, 2.45) is 11.3 Å². The molecule has 0 aliphatic carbocycles. The number of nitrogens with zero attached hydrogens (tertiary/aromatic N) is 1. The largest absolute Gasteiger partial charge is 0.389 e. The molecular weight excluding hydrogens is 253 g/mol. The van der Waals surface area contributed by atoms with Gasteiger partial charge in [0.25, 0.3) is 0 Å². The Morgan fingerprint density at radius 3 is 2.35 bits per heavy atom. The second-order valence-electron chi connectivity index (χ2n) is 6.98. The van der Waals surface area contributed by atoms with Crippen LogP contribution in [0.3, 0.4) is 0 Å². The van der Waals surface area contributed by atoms with Crippen molar-refractivity contribution in [1.82, 2.24) is 0 Å². The Morgan fingerprint density at radius 1 is 1.25 bits per heavy atom. The second kappa shape index (κ2) is 5.72. The van der Waals surface area contributed by atoms with Gasteiger partial charge in [0.2, 0.25) is 0 Å². The normalized spacial score (nSPS) is 19.2. The summed E-state index contributed by atoms with van der Waals surface area (Å²) < 4.78 is 13.9. The number of hydrogen-bond donors (Lipinski definition) is 1. The summed E-state index contributed by atoms with van der Waals surface area (Å²) in [5.41, 5.74) is 1.62. The van der Waals surface area contributed by atoms with E-state index in [0.717, 1.165) is 31.6 Å². The lowest BCUT2D eigenvalue weighted by atomic mass is 9.75. The number of rotatable bonds is 2. The highest BCUT2D eigenvalue weighted by Crippen LogP contribution is 2.37. The van der Waals surface area contributed by atoms with E-state index in [-0.39, 0.29) is 5.82 Å². The number of aliphatic hydroxyl groups is 1. The summed E-state index contributed by atoms with van der Waals surface area (Å²) in [5, 5.41) is 9.83. The summed E-state index contributed by atoms with van der Waals surface area (Å²) in [4.78, 5) is 2.22. The molecule has 3 heteroatoms. The van der Waals surface area contributed by atoms with Crippen LogP contribution in [0.5, 0.6) is 0 Å². The van der Waals surface area contributed by atoms with Crippen LogP contribution in [0.4, 0.5) is 10.1 Å². The highest BCUT2D eigenvalue weighted by molar-refractivity contribution is 5.55. The lowest BCUT2D eigenvalue weighted by Crippen LogP contribution is -2.38. The molecule has 1 atom stereocenters. The molecule has 1 saturated heterocycles. The SMILES string of the molecule is C[C@H](O)c1c(F)cccc1N1CCC(C(C)(C)C)CC1. The molecule has 2 rings (SSSR count). The molecule has 0 bridgehead atoms. The fourth-order valence-electron chi connectivity index (χ4n) is 3.20. The van der Waals surface area contributed by atoms with Gasteiger partial charge in [-0.2, -0.15) is 0 Å². The zero-order valence-electron chi connectivity index (χ0n) is 13.0. The molecular formula is C17H26FNO. The molecule has 1 aliphatic rings. The minimum atomic E-state index is -0.772. The monoisotopic (exact) mass is 279 g/mol. The summed E-state index contributed by atoms with van der Waals surface area (Å²) >= 11 is 0. The van der Waals surface area contributed by atoms with Crippen LogP contribution >= 0.6 is 0 Å². The Bertz CT molecular complexity index is 457. The third-order valence-electron chi connectivity index (χ3n) is 4.51. The van der Waals surface area contributed by atoms with Crippen molar-refractivity contribution in [3.05, 3.63) is 29.6 Å². The first-order valence-electron chi connectivity index (χ1n) is 7.52. The van der Waals surface area contributed by atoms with Crippen molar-refractivity contribution >= 4 is 5.69 Å². The number of piperidine rings is 1. The van der Waals surface area contributed by atoms with Crippen LogP contribution in [0.25, 0.3) is 0 Å². The predicted octanol–water partition coefficient (Wildman–Crippen LogP) is 4.14. The number of halogens is 1. The summed E-state index contributed by atoms with van der Waals surface area (Å²) in [7, 11) is 0. The molecule has 1 fully saturated rings. The van der Waals surface area contributed by atoms with Gasteiger partial charge in [0.1, 0.15) is 5.82 Å². The Morgan fingerprint density at radius 2 is 1.85 bits per heavy atom. The summed E-state index contributed by atoms with van der Waals surface area (Å²) in [5.74, 6) is 0.401. The molecule has 1 heterocycles. The fraction of sp³-hybridized carbons (Fsp3) is 0.647. The molecule has 0 saturated carbocycles. The Labute approximate surface area is 121 Å². The maximum absolute atomic E-state index is 13.9. The van der Waals surface area contributed by atoms with Gasteiger partial charge in [-0.15, -0.1) is 0 Å². The number of aliphatic hydroxyl groups excluding tert-OH is 1. The number of hydrogen-bond acceptors (Lipinski definition) is 2. The molecule has 0 aromatic heterocycles. The van der Waals surface area contributed by atoms with Crippen LogP contribution in [0, 0.1) is 17.2 Å². The Kier molecular flexibility index (Phi) is 4.38. The molecule has 2 nitrogen and oxygen atoms in total. The van der Waals surface area contributed by atoms with Crippen molar-refractivity contribution in [1.29, 1.82) is 0 Å². The Hall–Kier alpha value is -1.09. The van der Waals surface area contributed by atoms with Gasteiger partial charge in [0.05, 0.1) is 6.10 Å². The molecule has 1 aromatic carbocycles. The first kappa shape index (κ1) is 15.3. The third-order valence-corrected chi connectivity index (χ3v) is 4.51. The highest BCUT2D eigenvalue weighted by atomic mass is 19.1. The van der Waals surface area contributed by atoms with Crippen LogP contribution in [0.1, 0.15) is 52.2 Å². The van der Waals surface area contributed by atoms with Gasteiger partial charge in [0.15, 0.2) is 0 Å². The van der Waals surface area contributed by atoms with Gasteiger partial charge < -0.3 is 10.0 Å². The average Bonchev–Trinajstić information content (AvgIpc) is 2.37. The molecule has 20 heavy (non-hydrogen) atoms. The molecule has 0 spiro atoms. The van der Waals surface area contributed by atoms with Gasteiger partial charge in [-0.05, 0) is 43.2 Å². The molecule has 1 N–H and O–H groups in total. The molecule has 0 amide bonds. The molecule has 0 unspecified atom stereocenters. The van der Waals surface area contributed by atoms with E-state index in [2.05, 4.69) is 25.7 Å². The number of benzene rings is 1. The van der Waals surface area contributed by atoms with Crippen LogP contribution in [0.2, 0.25) is 0 Å². The van der Waals surface area contributed by atoms with Gasteiger partial charge in [-0.1, -0.05) is 26.8 Å². The second-order valence-corrected chi connectivity index (χ2v) is 6.98. The van der Waals surface area contributed by atoms with Crippen LogP contribution < -0.4 is 4.90 Å². The highest BCUT2D eigenvalue weighted by Gasteiger charge is 2.30. The zero-order chi connectivity index (χ0) is 14.9. The zero-order valence-corrected chi connectivity index (χ0v) is 13.0. The maximum atomic E-state index is 13.9. The van der Waals surface area contributed by atoms with Crippen molar-refractivity contribution in [3.63, 3.8) is 0 Å². The minimum Gasteiger partial charge on any atom is -0.389 e. The van der Waals surface area contributed by atoms with Crippen molar-refractivity contribution in [3.8, 4) is 0 Å². The van der Waals surface area contributed by atoms with Crippen molar-refractivity contribution in [2.45, 2.75) is 46.6 Å². The van der Waals surface area contributed by atoms with Crippen molar-refractivity contribution in [2.75, 3.05) is 18.0 Å². The van der Waals surface area contributed by atoms with Crippen LogP contribution in [-0.2, 0) is 0 Å². The first-order chi connectivity index (χ1) is 9.30. The lowest BCUT2D eigenvalue weighted by Gasteiger charge is -2.40. The van der Waals surface area contributed by atoms with E-state index in [1.54, 1.807) is 13.0 Å². The van der Waals surface area contributed by atoms with Gasteiger partial charge >= 0.3 is 0 Å². The van der Waals surface area contributed by atoms with E-state index in [1.807, 2.05) is 6.07 Å². The smallest absolute Gasteiger partial charge is 0.131 e. The van der Waals surface area contributed by atoms with E-state index >= 15 is 0 Å². The number of anilines is 1. The lowest BCUT2D eigenvalue weighted by molar-refractivity contribution is 0.190. The molecule has 112 valence electrons. The molecule has 1 aromatic rings. The predicted molar refractivity (Wildman–Crippen MR) is 81.4 cm³/mol. The first-order valence-corrected chi connectivity index (χ1v) is 7.52. The van der Waals surface area contributed by atoms with Gasteiger partial charge in [-0.3, -0.25) is 0 Å². The summed E-state index contributed by atoms with van der Waals surface area (Å²) in [6.07, 6.45) is 1.48. The molecule has 1 aliphatic heterocycles.